The van der Waals surface area contributed by atoms with Gasteiger partial charge in [0.05, 0.1) is 13.2 Å². The van der Waals surface area contributed by atoms with Gasteiger partial charge in [0, 0.05) is 37.3 Å². The third-order valence-corrected chi connectivity index (χ3v) is 5.30. The van der Waals surface area contributed by atoms with Crippen molar-refractivity contribution in [2.24, 2.45) is 5.73 Å². The molecule has 1 aliphatic heterocycles. The highest BCUT2D eigenvalue weighted by Gasteiger charge is 2.18. The summed E-state index contributed by atoms with van der Waals surface area (Å²) in [7, 11) is 0. The van der Waals surface area contributed by atoms with Crippen LogP contribution in [0.3, 0.4) is 0 Å². The maximum atomic E-state index is 12.2. The molecule has 1 atom stereocenters. The summed E-state index contributed by atoms with van der Waals surface area (Å²) in [6.07, 6.45) is 3.75. The molecule has 0 spiro atoms. The number of nitrogens with two attached hydrogens (primary N) is 1. The average molecular weight is 448 g/mol. The first-order valence-electron chi connectivity index (χ1n) is 10.9. The maximum Gasteiger partial charge on any atom is 0.251 e. The first-order valence-corrected chi connectivity index (χ1v) is 10.9. The van der Waals surface area contributed by atoms with Crippen LogP contribution in [-0.4, -0.2) is 67.2 Å². The molecule has 1 amide bonds. The van der Waals surface area contributed by atoms with Crippen LogP contribution in [0.4, 0.5) is 0 Å². The fraction of sp³-hybridized carbons (Fsp3) is 0.308. The number of hydrogen-bond acceptors (Lipinski definition) is 6. The van der Waals surface area contributed by atoms with E-state index in [4.69, 9.17) is 15.6 Å². The first kappa shape index (κ1) is 24.4. The van der Waals surface area contributed by atoms with E-state index in [0.717, 1.165) is 44.0 Å². The summed E-state index contributed by atoms with van der Waals surface area (Å²) in [6.45, 7) is 3.75. The number of rotatable bonds is 8. The molecule has 1 saturated heterocycles. The molecule has 2 aromatic carbocycles. The molecule has 33 heavy (non-hydrogen) atoms. The molecule has 3 rings (SSSR count). The summed E-state index contributed by atoms with van der Waals surface area (Å²) < 4.78 is 5.38. The molecule has 0 aliphatic carbocycles. The number of aliphatic hydroxyl groups excluding tert-OH is 1. The van der Waals surface area contributed by atoms with Crippen LogP contribution in [0, 0.1) is 11.8 Å². The maximum absolute atomic E-state index is 12.2. The summed E-state index contributed by atoms with van der Waals surface area (Å²) in [4.78, 5) is 26.2. The van der Waals surface area contributed by atoms with E-state index in [-0.39, 0.29) is 6.54 Å². The lowest BCUT2D eigenvalue weighted by molar-refractivity contribution is -0.123. The van der Waals surface area contributed by atoms with Gasteiger partial charge in [-0.15, -0.1) is 0 Å². The molecule has 0 saturated carbocycles. The Balaban J connectivity index is 1.51. The number of aliphatic hydroxyl groups is 1. The molecule has 4 N–H and O–H groups in total. The van der Waals surface area contributed by atoms with Gasteiger partial charge in [0.1, 0.15) is 12.6 Å². The SMILES string of the molecule is NC[C@H](NC(=O)c1ccc(C#C/C=C\c2ccc(CN3CCOCC3)cc2)cc1)C(=O)CO. The largest absolute Gasteiger partial charge is 0.388 e. The summed E-state index contributed by atoms with van der Waals surface area (Å²) in [5.41, 5.74) is 8.99. The highest BCUT2D eigenvalue weighted by atomic mass is 16.5. The van der Waals surface area contributed by atoms with E-state index in [1.165, 1.54) is 5.56 Å². The van der Waals surface area contributed by atoms with Crippen LogP contribution < -0.4 is 11.1 Å². The standard InChI is InChI=1S/C26H29N3O4/c27-17-24(25(31)19-30)28-26(32)23-11-9-21(10-12-23)4-2-1-3-20-5-7-22(8-6-20)18-29-13-15-33-16-14-29/h1,3,5-12,24,30H,13-19,27H2,(H,28,32)/b3-1-/t24-/m0/s1. The molecule has 1 aliphatic rings. The van der Waals surface area contributed by atoms with Crippen molar-refractivity contribution in [2.45, 2.75) is 12.6 Å². The molecule has 0 bridgehead atoms. The molecule has 0 radical (unpaired) electrons. The predicted molar refractivity (Wildman–Crippen MR) is 127 cm³/mol. The van der Waals surface area contributed by atoms with Crippen molar-refractivity contribution in [3.63, 3.8) is 0 Å². The van der Waals surface area contributed by atoms with E-state index in [1.807, 2.05) is 6.08 Å². The van der Waals surface area contributed by atoms with Crippen molar-refractivity contribution in [3.05, 3.63) is 76.9 Å². The topological polar surface area (TPSA) is 105 Å². The van der Waals surface area contributed by atoms with Crippen molar-refractivity contribution >= 4 is 17.8 Å². The first-order chi connectivity index (χ1) is 16.1. The zero-order valence-corrected chi connectivity index (χ0v) is 18.5. The Kier molecular flexibility index (Phi) is 9.36. The minimum Gasteiger partial charge on any atom is -0.388 e. The van der Waals surface area contributed by atoms with Gasteiger partial charge in [-0.25, -0.2) is 0 Å². The highest BCUT2D eigenvalue weighted by molar-refractivity contribution is 5.98. The predicted octanol–water partition coefficient (Wildman–Crippen LogP) is 1.20. The lowest BCUT2D eigenvalue weighted by Gasteiger charge is -2.26. The molecule has 1 fully saturated rings. The van der Waals surface area contributed by atoms with E-state index < -0.39 is 24.3 Å². The number of allylic oxidation sites excluding steroid dienone is 1. The van der Waals surface area contributed by atoms with Crippen LogP contribution in [-0.2, 0) is 16.1 Å². The molecule has 7 nitrogen and oxygen atoms in total. The van der Waals surface area contributed by atoms with Gasteiger partial charge >= 0.3 is 0 Å². The Hall–Kier alpha value is -3.28. The fourth-order valence-electron chi connectivity index (χ4n) is 3.34. The number of nitrogens with one attached hydrogen (secondary N) is 1. The number of carbonyl (C=O) groups is 2. The minimum absolute atomic E-state index is 0.0718. The zero-order chi connectivity index (χ0) is 23.5. The number of nitrogens with zero attached hydrogens (tertiary/aromatic N) is 1. The number of hydrogen-bond donors (Lipinski definition) is 3. The van der Waals surface area contributed by atoms with Crippen LogP contribution in [0.25, 0.3) is 6.08 Å². The summed E-state index contributed by atoms with van der Waals surface area (Å²) in [5, 5.41) is 11.4. The van der Waals surface area contributed by atoms with E-state index in [1.54, 1.807) is 30.3 Å². The molecule has 0 unspecified atom stereocenters. The normalized spacial score (nSPS) is 15.0. The van der Waals surface area contributed by atoms with Gasteiger partial charge in [0.25, 0.3) is 5.91 Å². The van der Waals surface area contributed by atoms with E-state index in [2.05, 4.69) is 46.3 Å². The van der Waals surface area contributed by atoms with Gasteiger partial charge in [-0.1, -0.05) is 36.1 Å². The van der Waals surface area contributed by atoms with Crippen molar-refractivity contribution in [1.29, 1.82) is 0 Å². The third kappa shape index (κ3) is 7.67. The molecule has 1 heterocycles. The lowest BCUT2D eigenvalue weighted by Crippen LogP contribution is -2.46. The van der Waals surface area contributed by atoms with E-state index in [0.29, 0.717) is 5.56 Å². The van der Waals surface area contributed by atoms with Crippen molar-refractivity contribution in [1.82, 2.24) is 10.2 Å². The van der Waals surface area contributed by atoms with Gasteiger partial charge in [-0.3, -0.25) is 14.5 Å². The summed E-state index contributed by atoms with van der Waals surface area (Å²) in [5.74, 6) is 5.08. The molecular formula is C26H29N3O4. The number of morpholine rings is 1. The summed E-state index contributed by atoms with van der Waals surface area (Å²) >= 11 is 0. The Labute approximate surface area is 194 Å². The second kappa shape index (κ2) is 12.7. The van der Waals surface area contributed by atoms with Crippen molar-refractivity contribution < 1.29 is 19.4 Å². The summed E-state index contributed by atoms with van der Waals surface area (Å²) in [6, 6.07) is 14.3. The zero-order valence-electron chi connectivity index (χ0n) is 18.5. The number of Topliss-reactive ketones (excluding diaryl/α,β-unsaturated/α-hetero) is 1. The van der Waals surface area contributed by atoms with E-state index >= 15 is 0 Å². The Morgan fingerprint density at radius 2 is 1.82 bits per heavy atom. The molecule has 2 aromatic rings. The van der Waals surface area contributed by atoms with Crippen LogP contribution >= 0.6 is 0 Å². The van der Waals surface area contributed by atoms with Gasteiger partial charge in [-0.05, 0) is 47.5 Å². The van der Waals surface area contributed by atoms with Gasteiger partial charge < -0.3 is 20.9 Å². The van der Waals surface area contributed by atoms with Crippen LogP contribution in [0.15, 0.2) is 54.6 Å². The van der Waals surface area contributed by atoms with Crippen molar-refractivity contribution in [3.8, 4) is 11.8 Å². The lowest BCUT2D eigenvalue weighted by atomic mass is 10.1. The van der Waals surface area contributed by atoms with Crippen LogP contribution in [0.5, 0.6) is 0 Å². The number of ether oxygens (including phenoxy) is 1. The number of ketones is 1. The molecule has 0 aromatic heterocycles. The monoisotopic (exact) mass is 447 g/mol. The van der Waals surface area contributed by atoms with Gasteiger partial charge in [0.2, 0.25) is 0 Å². The minimum atomic E-state index is -0.902. The average Bonchev–Trinajstić information content (AvgIpc) is 2.86. The van der Waals surface area contributed by atoms with Gasteiger partial charge in [0.15, 0.2) is 5.78 Å². The Morgan fingerprint density at radius 1 is 1.12 bits per heavy atom. The second-order valence-corrected chi connectivity index (χ2v) is 7.70. The third-order valence-electron chi connectivity index (χ3n) is 5.30. The smallest absolute Gasteiger partial charge is 0.251 e. The van der Waals surface area contributed by atoms with E-state index in [9.17, 15) is 9.59 Å². The fourth-order valence-corrected chi connectivity index (χ4v) is 3.34. The Morgan fingerprint density at radius 3 is 2.45 bits per heavy atom. The number of benzene rings is 2. The number of carbonyl (C=O) groups excluding carboxylic acids is 2. The highest BCUT2D eigenvalue weighted by Crippen LogP contribution is 2.10. The molecular weight excluding hydrogens is 418 g/mol. The molecule has 7 heteroatoms. The number of amides is 1. The van der Waals surface area contributed by atoms with Crippen molar-refractivity contribution in [2.75, 3.05) is 39.5 Å². The molecule has 172 valence electrons. The van der Waals surface area contributed by atoms with Gasteiger partial charge in [-0.2, -0.15) is 0 Å². The van der Waals surface area contributed by atoms with Crippen LogP contribution in [0.2, 0.25) is 0 Å². The Bertz CT molecular complexity index is 1010. The van der Waals surface area contributed by atoms with Crippen LogP contribution in [0.1, 0.15) is 27.0 Å². The quantitative estimate of drug-likeness (QED) is 0.526. The second-order valence-electron chi connectivity index (χ2n) is 7.70.